The summed E-state index contributed by atoms with van der Waals surface area (Å²) in [4.78, 5) is 11.9. The largest absolute Gasteiger partial charge is 0.504 e. The van der Waals surface area contributed by atoms with Crippen molar-refractivity contribution >= 4 is 5.91 Å². The van der Waals surface area contributed by atoms with Crippen molar-refractivity contribution in [3.63, 3.8) is 0 Å². The fourth-order valence-electron chi connectivity index (χ4n) is 2.04. The molecule has 1 atom stereocenters. The van der Waals surface area contributed by atoms with E-state index < -0.39 is 0 Å². The number of hydrogen-bond donors (Lipinski definition) is 4. The van der Waals surface area contributed by atoms with E-state index in [4.69, 9.17) is 5.73 Å². The standard InChI is InChI=1S/C14H22N2O3/c1-2-4-10(7-8-15)9-16-14(19)11-5-3-6-12(17)13(11)18/h3,5-6,10,17-18H,2,4,7-9,15H2,1H3,(H,16,19). The van der Waals surface area contributed by atoms with Gasteiger partial charge in [-0.05, 0) is 37.4 Å². The van der Waals surface area contributed by atoms with Gasteiger partial charge in [-0.25, -0.2) is 0 Å². The monoisotopic (exact) mass is 266 g/mol. The summed E-state index contributed by atoms with van der Waals surface area (Å²) in [6.07, 6.45) is 2.90. The van der Waals surface area contributed by atoms with E-state index in [0.717, 1.165) is 19.3 Å². The zero-order valence-corrected chi connectivity index (χ0v) is 11.2. The Bertz CT molecular complexity index is 415. The van der Waals surface area contributed by atoms with E-state index in [-0.39, 0.29) is 23.0 Å². The maximum atomic E-state index is 11.9. The van der Waals surface area contributed by atoms with E-state index in [1.54, 1.807) is 0 Å². The Morgan fingerprint density at radius 1 is 1.37 bits per heavy atom. The minimum atomic E-state index is -0.383. The summed E-state index contributed by atoms with van der Waals surface area (Å²) >= 11 is 0. The molecule has 1 amide bonds. The van der Waals surface area contributed by atoms with Crippen molar-refractivity contribution in [2.75, 3.05) is 13.1 Å². The Kier molecular flexibility index (Phi) is 6.15. The van der Waals surface area contributed by atoms with Gasteiger partial charge in [0.25, 0.3) is 5.91 Å². The van der Waals surface area contributed by atoms with Crippen molar-refractivity contribution < 1.29 is 15.0 Å². The Balaban J connectivity index is 2.61. The molecule has 0 spiro atoms. The first kappa shape index (κ1) is 15.3. The summed E-state index contributed by atoms with van der Waals surface area (Å²) < 4.78 is 0. The van der Waals surface area contributed by atoms with Crippen LogP contribution in [0.1, 0.15) is 36.5 Å². The second-order valence-electron chi connectivity index (χ2n) is 4.62. The molecule has 0 aliphatic carbocycles. The molecule has 1 aromatic rings. The van der Waals surface area contributed by atoms with E-state index in [1.807, 2.05) is 0 Å². The van der Waals surface area contributed by atoms with E-state index in [9.17, 15) is 15.0 Å². The number of benzene rings is 1. The van der Waals surface area contributed by atoms with Crippen molar-refractivity contribution in [1.29, 1.82) is 0 Å². The highest BCUT2D eigenvalue weighted by Gasteiger charge is 2.15. The first-order valence-electron chi connectivity index (χ1n) is 6.59. The number of carbonyl (C=O) groups is 1. The van der Waals surface area contributed by atoms with Gasteiger partial charge in [0, 0.05) is 6.54 Å². The minimum Gasteiger partial charge on any atom is -0.504 e. The molecular formula is C14H22N2O3. The van der Waals surface area contributed by atoms with E-state index in [0.29, 0.717) is 19.0 Å². The van der Waals surface area contributed by atoms with Crippen molar-refractivity contribution in [2.45, 2.75) is 26.2 Å². The van der Waals surface area contributed by atoms with Crippen LogP contribution in [0.2, 0.25) is 0 Å². The molecule has 0 fully saturated rings. The third-order valence-corrected chi connectivity index (χ3v) is 3.08. The molecule has 0 aliphatic heterocycles. The minimum absolute atomic E-state index is 0.0861. The van der Waals surface area contributed by atoms with Crippen LogP contribution in [0.3, 0.4) is 0 Å². The third kappa shape index (κ3) is 4.44. The fraction of sp³-hybridized carbons (Fsp3) is 0.500. The van der Waals surface area contributed by atoms with Gasteiger partial charge in [-0.3, -0.25) is 4.79 Å². The van der Waals surface area contributed by atoms with Gasteiger partial charge in [-0.1, -0.05) is 19.4 Å². The number of phenolic OH excluding ortho intramolecular Hbond substituents is 2. The van der Waals surface area contributed by atoms with Crippen LogP contribution in [-0.4, -0.2) is 29.2 Å². The highest BCUT2D eigenvalue weighted by atomic mass is 16.3. The van der Waals surface area contributed by atoms with E-state index >= 15 is 0 Å². The number of aromatic hydroxyl groups is 2. The summed E-state index contributed by atoms with van der Waals surface area (Å²) in [7, 11) is 0. The molecule has 5 nitrogen and oxygen atoms in total. The van der Waals surface area contributed by atoms with Gasteiger partial charge in [0.15, 0.2) is 11.5 Å². The van der Waals surface area contributed by atoms with Gasteiger partial charge in [-0.2, -0.15) is 0 Å². The molecule has 1 aromatic carbocycles. The molecule has 0 bridgehead atoms. The smallest absolute Gasteiger partial charge is 0.255 e. The Morgan fingerprint density at radius 2 is 2.11 bits per heavy atom. The number of amides is 1. The fourth-order valence-corrected chi connectivity index (χ4v) is 2.04. The molecule has 0 heterocycles. The number of hydrogen-bond acceptors (Lipinski definition) is 4. The maximum absolute atomic E-state index is 11.9. The van der Waals surface area contributed by atoms with E-state index in [1.165, 1.54) is 18.2 Å². The molecule has 5 heteroatoms. The summed E-state index contributed by atoms with van der Waals surface area (Å²) in [5, 5.41) is 21.7. The van der Waals surface area contributed by atoms with Crippen LogP contribution in [0.4, 0.5) is 0 Å². The Hall–Kier alpha value is -1.75. The number of nitrogens with one attached hydrogen (secondary N) is 1. The van der Waals surface area contributed by atoms with Crippen molar-refractivity contribution in [3.05, 3.63) is 23.8 Å². The highest BCUT2D eigenvalue weighted by molar-refractivity contribution is 5.97. The van der Waals surface area contributed by atoms with Crippen molar-refractivity contribution in [2.24, 2.45) is 11.7 Å². The summed E-state index contributed by atoms with van der Waals surface area (Å²) in [6.45, 7) is 3.21. The quantitative estimate of drug-likeness (QED) is 0.564. The molecule has 0 aromatic heterocycles. The van der Waals surface area contributed by atoms with Crippen LogP contribution < -0.4 is 11.1 Å². The molecule has 19 heavy (non-hydrogen) atoms. The molecule has 0 aliphatic rings. The third-order valence-electron chi connectivity index (χ3n) is 3.08. The second-order valence-corrected chi connectivity index (χ2v) is 4.62. The average molecular weight is 266 g/mol. The van der Waals surface area contributed by atoms with Gasteiger partial charge < -0.3 is 21.3 Å². The van der Waals surface area contributed by atoms with Gasteiger partial charge in [-0.15, -0.1) is 0 Å². The van der Waals surface area contributed by atoms with E-state index in [2.05, 4.69) is 12.2 Å². The molecule has 0 radical (unpaired) electrons. The van der Waals surface area contributed by atoms with Gasteiger partial charge in [0.05, 0.1) is 5.56 Å². The second kappa shape index (κ2) is 7.63. The van der Waals surface area contributed by atoms with Gasteiger partial charge in [0.1, 0.15) is 0 Å². The van der Waals surface area contributed by atoms with Gasteiger partial charge >= 0.3 is 0 Å². The summed E-state index contributed by atoms with van der Waals surface area (Å²) in [6, 6.07) is 4.33. The highest BCUT2D eigenvalue weighted by Crippen LogP contribution is 2.27. The summed E-state index contributed by atoms with van der Waals surface area (Å²) in [5.74, 6) is -0.712. The lowest BCUT2D eigenvalue weighted by Gasteiger charge is -2.16. The number of nitrogens with two attached hydrogens (primary N) is 1. The Morgan fingerprint density at radius 3 is 2.74 bits per heavy atom. The molecule has 0 saturated carbocycles. The number of para-hydroxylation sites is 1. The zero-order chi connectivity index (χ0) is 14.3. The van der Waals surface area contributed by atoms with Crippen LogP contribution in [0.15, 0.2) is 18.2 Å². The van der Waals surface area contributed by atoms with Crippen LogP contribution in [0, 0.1) is 5.92 Å². The van der Waals surface area contributed by atoms with Crippen LogP contribution in [-0.2, 0) is 0 Å². The molecule has 1 unspecified atom stereocenters. The molecule has 106 valence electrons. The lowest BCUT2D eigenvalue weighted by Crippen LogP contribution is -2.30. The average Bonchev–Trinajstić information content (AvgIpc) is 2.39. The first-order chi connectivity index (χ1) is 9.10. The summed E-state index contributed by atoms with van der Waals surface area (Å²) in [5.41, 5.74) is 5.62. The SMILES string of the molecule is CCCC(CCN)CNC(=O)c1cccc(O)c1O. The van der Waals surface area contributed by atoms with Crippen molar-refractivity contribution in [3.8, 4) is 11.5 Å². The molecule has 0 saturated heterocycles. The zero-order valence-electron chi connectivity index (χ0n) is 11.2. The normalized spacial score (nSPS) is 12.1. The predicted octanol–water partition coefficient (Wildman–Crippen LogP) is 1.59. The van der Waals surface area contributed by atoms with Crippen LogP contribution >= 0.6 is 0 Å². The number of carbonyl (C=O) groups excluding carboxylic acids is 1. The lowest BCUT2D eigenvalue weighted by atomic mass is 9.99. The van der Waals surface area contributed by atoms with Crippen LogP contribution in [0.5, 0.6) is 11.5 Å². The number of rotatable bonds is 7. The topological polar surface area (TPSA) is 95.6 Å². The number of phenols is 2. The van der Waals surface area contributed by atoms with Gasteiger partial charge in [0.2, 0.25) is 0 Å². The lowest BCUT2D eigenvalue weighted by molar-refractivity contribution is 0.0942. The predicted molar refractivity (Wildman–Crippen MR) is 74.2 cm³/mol. The molecule has 5 N–H and O–H groups in total. The van der Waals surface area contributed by atoms with Crippen LogP contribution in [0.25, 0.3) is 0 Å². The molecular weight excluding hydrogens is 244 g/mol. The molecule has 1 rings (SSSR count). The maximum Gasteiger partial charge on any atom is 0.255 e. The first-order valence-corrected chi connectivity index (χ1v) is 6.59. The Labute approximate surface area is 113 Å². The van der Waals surface area contributed by atoms with Crippen molar-refractivity contribution in [1.82, 2.24) is 5.32 Å².